The summed E-state index contributed by atoms with van der Waals surface area (Å²) in [5, 5.41) is 2.92. The number of benzene rings is 2. The molecule has 2 rings (SSSR count). The van der Waals surface area contributed by atoms with Gasteiger partial charge in [-0.25, -0.2) is 8.42 Å². The lowest BCUT2D eigenvalue weighted by Crippen LogP contribution is -2.48. The van der Waals surface area contributed by atoms with Gasteiger partial charge in [0.15, 0.2) is 0 Å². The number of carbonyl (C=O) groups excluding carboxylic acids is 2. The van der Waals surface area contributed by atoms with Crippen LogP contribution in [-0.2, 0) is 26.2 Å². The van der Waals surface area contributed by atoms with Crippen molar-refractivity contribution in [2.45, 2.75) is 67.0 Å². The molecule has 0 spiro atoms. The van der Waals surface area contributed by atoms with Crippen molar-refractivity contribution in [1.29, 1.82) is 0 Å². The lowest BCUT2D eigenvalue weighted by atomic mass is 10.1. The second-order valence-electron chi connectivity index (χ2n) is 10.1. The molecule has 1 N–H and O–H groups in total. The van der Waals surface area contributed by atoms with Crippen LogP contribution in [0, 0.1) is 26.7 Å². The molecule has 0 radical (unpaired) electrons. The van der Waals surface area contributed by atoms with Crippen LogP contribution in [-0.4, -0.2) is 50.5 Å². The van der Waals surface area contributed by atoms with E-state index in [2.05, 4.69) is 5.32 Å². The van der Waals surface area contributed by atoms with E-state index in [1.165, 1.54) is 10.6 Å². The summed E-state index contributed by atoms with van der Waals surface area (Å²) in [5.41, 5.74) is 4.50. The van der Waals surface area contributed by atoms with Gasteiger partial charge in [-0.15, -0.1) is 0 Å². The highest BCUT2D eigenvalue weighted by molar-refractivity contribution is 7.92. The standard InChI is InChI=1S/C28H41N3O4S/c1-20(2)18-29-28(33)24(6)30(19-25-14-11-21(3)12-15-25)27(32)9-8-16-31(36(7,34)35)26-17-22(4)10-13-23(26)5/h10-15,17,20,24H,8-9,16,18-19H2,1-7H3,(H,29,33)/t24-/m1/s1. The first-order valence-corrected chi connectivity index (χ1v) is 14.3. The van der Waals surface area contributed by atoms with Crippen LogP contribution in [0.1, 0.15) is 55.9 Å². The molecule has 2 amide bonds. The number of amides is 2. The van der Waals surface area contributed by atoms with Crippen LogP contribution < -0.4 is 9.62 Å². The number of sulfonamides is 1. The topological polar surface area (TPSA) is 86.8 Å². The van der Waals surface area contributed by atoms with Crippen molar-refractivity contribution in [2.24, 2.45) is 5.92 Å². The van der Waals surface area contributed by atoms with Gasteiger partial charge >= 0.3 is 0 Å². The van der Waals surface area contributed by atoms with Gasteiger partial charge in [0.25, 0.3) is 0 Å². The van der Waals surface area contributed by atoms with Gasteiger partial charge < -0.3 is 10.2 Å². The Bertz CT molecular complexity index is 1140. The first kappa shape index (κ1) is 29.4. The zero-order valence-electron chi connectivity index (χ0n) is 22.7. The first-order chi connectivity index (χ1) is 16.8. The summed E-state index contributed by atoms with van der Waals surface area (Å²) >= 11 is 0. The Morgan fingerprint density at radius 2 is 1.56 bits per heavy atom. The number of aryl methyl sites for hydroxylation is 3. The van der Waals surface area contributed by atoms with Gasteiger partial charge in [0.1, 0.15) is 6.04 Å². The van der Waals surface area contributed by atoms with Crippen LogP contribution in [0.5, 0.6) is 0 Å². The normalized spacial score (nSPS) is 12.3. The number of nitrogens with zero attached hydrogens (tertiary/aromatic N) is 2. The summed E-state index contributed by atoms with van der Waals surface area (Å²) < 4.78 is 26.5. The molecule has 2 aromatic rings. The lowest BCUT2D eigenvalue weighted by molar-refractivity contribution is -0.140. The third kappa shape index (κ3) is 8.66. The summed E-state index contributed by atoms with van der Waals surface area (Å²) in [7, 11) is -3.53. The minimum Gasteiger partial charge on any atom is -0.354 e. The van der Waals surface area contributed by atoms with Gasteiger partial charge in [-0.05, 0) is 62.8 Å². The number of nitrogens with one attached hydrogen (secondary N) is 1. The van der Waals surface area contributed by atoms with Crippen molar-refractivity contribution >= 4 is 27.5 Å². The third-order valence-electron chi connectivity index (χ3n) is 6.11. The SMILES string of the molecule is Cc1ccc(CN(C(=O)CCCN(c2cc(C)ccc2C)S(C)(=O)=O)[C@H](C)C(=O)NCC(C)C)cc1. The Balaban J connectivity index is 2.18. The number of rotatable bonds is 12. The molecule has 0 aromatic heterocycles. The molecular weight excluding hydrogens is 474 g/mol. The maximum Gasteiger partial charge on any atom is 0.242 e. The maximum absolute atomic E-state index is 13.4. The van der Waals surface area contributed by atoms with E-state index in [0.29, 0.717) is 31.1 Å². The average Bonchev–Trinajstić information content (AvgIpc) is 2.80. The van der Waals surface area contributed by atoms with Gasteiger partial charge in [0.2, 0.25) is 21.8 Å². The predicted molar refractivity (Wildman–Crippen MR) is 146 cm³/mol. The Kier molecular flexibility index (Phi) is 10.5. The monoisotopic (exact) mass is 515 g/mol. The fraction of sp³-hybridized carbons (Fsp3) is 0.500. The highest BCUT2D eigenvalue weighted by atomic mass is 32.2. The molecule has 0 aliphatic carbocycles. The molecule has 1 atom stereocenters. The van der Waals surface area contributed by atoms with Crippen molar-refractivity contribution < 1.29 is 18.0 Å². The van der Waals surface area contributed by atoms with Gasteiger partial charge in [-0.2, -0.15) is 0 Å². The van der Waals surface area contributed by atoms with Crippen molar-refractivity contribution in [3.8, 4) is 0 Å². The average molecular weight is 516 g/mol. The van der Waals surface area contributed by atoms with Gasteiger partial charge in [-0.1, -0.05) is 55.8 Å². The van der Waals surface area contributed by atoms with Crippen LogP contribution in [0.4, 0.5) is 5.69 Å². The second kappa shape index (κ2) is 12.9. The summed E-state index contributed by atoms with van der Waals surface area (Å²) in [5.74, 6) is -0.0797. The summed E-state index contributed by atoms with van der Waals surface area (Å²) in [6.45, 7) is 12.6. The zero-order valence-corrected chi connectivity index (χ0v) is 23.5. The van der Waals surface area contributed by atoms with Crippen LogP contribution in [0.3, 0.4) is 0 Å². The fourth-order valence-corrected chi connectivity index (χ4v) is 4.91. The number of anilines is 1. The lowest BCUT2D eigenvalue weighted by Gasteiger charge is -2.30. The molecule has 0 unspecified atom stereocenters. The van der Waals surface area contributed by atoms with E-state index < -0.39 is 16.1 Å². The molecule has 2 aromatic carbocycles. The Morgan fingerprint density at radius 3 is 2.14 bits per heavy atom. The molecular formula is C28H41N3O4S. The molecule has 0 bridgehead atoms. The second-order valence-corrected chi connectivity index (χ2v) is 12.0. The summed E-state index contributed by atoms with van der Waals surface area (Å²) in [4.78, 5) is 27.8. The van der Waals surface area contributed by atoms with E-state index in [4.69, 9.17) is 0 Å². The number of carbonyl (C=O) groups is 2. The molecule has 0 aliphatic rings. The maximum atomic E-state index is 13.4. The van der Waals surface area contributed by atoms with Crippen LogP contribution in [0.2, 0.25) is 0 Å². The van der Waals surface area contributed by atoms with Crippen molar-refractivity contribution in [2.75, 3.05) is 23.7 Å². The highest BCUT2D eigenvalue weighted by Crippen LogP contribution is 2.24. The summed E-state index contributed by atoms with van der Waals surface area (Å²) in [6.07, 6.45) is 1.65. The van der Waals surface area contributed by atoms with E-state index >= 15 is 0 Å². The fourth-order valence-electron chi connectivity index (χ4n) is 3.90. The predicted octanol–water partition coefficient (Wildman–Crippen LogP) is 4.35. The number of hydrogen-bond acceptors (Lipinski definition) is 4. The minimum absolute atomic E-state index is 0.130. The molecule has 0 aliphatic heterocycles. The Morgan fingerprint density at radius 1 is 0.944 bits per heavy atom. The van der Waals surface area contributed by atoms with E-state index in [0.717, 1.165) is 22.3 Å². The molecule has 0 heterocycles. The highest BCUT2D eigenvalue weighted by Gasteiger charge is 2.27. The Labute approximate surface area is 216 Å². The van der Waals surface area contributed by atoms with Gasteiger partial charge in [0.05, 0.1) is 11.9 Å². The van der Waals surface area contributed by atoms with Crippen molar-refractivity contribution in [3.05, 3.63) is 64.7 Å². The van der Waals surface area contributed by atoms with Crippen LogP contribution in [0.15, 0.2) is 42.5 Å². The van der Waals surface area contributed by atoms with E-state index in [1.54, 1.807) is 11.8 Å². The molecule has 0 saturated carbocycles. The molecule has 0 saturated heterocycles. The third-order valence-corrected chi connectivity index (χ3v) is 7.29. The number of hydrogen-bond donors (Lipinski definition) is 1. The largest absolute Gasteiger partial charge is 0.354 e. The van der Waals surface area contributed by atoms with Crippen molar-refractivity contribution in [3.63, 3.8) is 0 Å². The smallest absolute Gasteiger partial charge is 0.242 e. The molecule has 7 nitrogen and oxygen atoms in total. The molecule has 0 fully saturated rings. The first-order valence-electron chi connectivity index (χ1n) is 12.5. The van der Waals surface area contributed by atoms with Crippen LogP contribution >= 0.6 is 0 Å². The Hall–Kier alpha value is -2.87. The molecule has 198 valence electrons. The molecule has 8 heteroatoms. The summed E-state index contributed by atoms with van der Waals surface area (Å²) in [6, 6.07) is 12.9. The van der Waals surface area contributed by atoms with E-state index in [-0.39, 0.29) is 24.8 Å². The van der Waals surface area contributed by atoms with Gasteiger partial charge in [0, 0.05) is 26.1 Å². The van der Waals surface area contributed by atoms with Crippen molar-refractivity contribution in [1.82, 2.24) is 10.2 Å². The molecule has 36 heavy (non-hydrogen) atoms. The van der Waals surface area contributed by atoms with Crippen LogP contribution in [0.25, 0.3) is 0 Å². The minimum atomic E-state index is -3.53. The quantitative estimate of drug-likeness (QED) is 0.455. The van der Waals surface area contributed by atoms with Gasteiger partial charge in [-0.3, -0.25) is 13.9 Å². The zero-order chi connectivity index (χ0) is 27.0. The van der Waals surface area contributed by atoms with E-state index in [9.17, 15) is 18.0 Å². The van der Waals surface area contributed by atoms with E-state index in [1.807, 2.05) is 77.1 Å².